The fourth-order valence-corrected chi connectivity index (χ4v) is 4.17. The van der Waals surface area contributed by atoms with Gasteiger partial charge in [-0.1, -0.05) is 23.7 Å². The molecular weight excluding hydrogens is 310 g/mol. The standard InChI is InChI=1S/C14H16ClN3O2S/c1-18-9-16-14(13(18)15)21(19,20)17-12-8-4-6-10-5-2-3-7-11(10)12/h4,6,8-9,17H,2-3,5,7H2,1H3. The molecule has 3 rings (SSSR count). The van der Waals surface area contributed by atoms with Crippen LogP contribution < -0.4 is 4.72 Å². The Hall–Kier alpha value is -1.53. The zero-order valence-electron chi connectivity index (χ0n) is 11.6. The van der Waals surface area contributed by atoms with Crippen LogP contribution >= 0.6 is 11.6 Å². The van der Waals surface area contributed by atoms with Crippen LogP contribution in [0.5, 0.6) is 0 Å². The number of rotatable bonds is 3. The largest absolute Gasteiger partial charge is 0.324 e. The van der Waals surface area contributed by atoms with E-state index in [1.807, 2.05) is 6.07 Å². The molecular formula is C14H16ClN3O2S. The molecule has 5 nitrogen and oxygen atoms in total. The molecule has 0 atom stereocenters. The number of hydrogen-bond donors (Lipinski definition) is 1. The van der Waals surface area contributed by atoms with Crippen LogP contribution in [0.3, 0.4) is 0 Å². The first-order valence-electron chi connectivity index (χ1n) is 6.79. The minimum Gasteiger partial charge on any atom is -0.324 e. The Morgan fingerprint density at radius 1 is 1.29 bits per heavy atom. The zero-order chi connectivity index (χ0) is 15.0. The molecule has 1 aromatic heterocycles. The molecule has 1 aliphatic rings. The van der Waals surface area contributed by atoms with Crippen molar-refractivity contribution in [2.75, 3.05) is 4.72 Å². The van der Waals surface area contributed by atoms with E-state index in [9.17, 15) is 8.42 Å². The predicted molar refractivity (Wildman–Crippen MR) is 82.1 cm³/mol. The minimum absolute atomic E-state index is 0.104. The number of benzene rings is 1. The molecule has 0 amide bonds. The smallest absolute Gasteiger partial charge is 0.282 e. The number of imidazole rings is 1. The number of halogens is 1. The van der Waals surface area contributed by atoms with Gasteiger partial charge in [0.15, 0.2) is 0 Å². The quantitative estimate of drug-likeness (QED) is 0.943. The molecule has 0 radical (unpaired) electrons. The summed E-state index contributed by atoms with van der Waals surface area (Å²) in [5.41, 5.74) is 2.93. The predicted octanol–water partition coefficient (Wildman–Crippen LogP) is 2.75. The highest BCUT2D eigenvalue weighted by Gasteiger charge is 2.24. The van der Waals surface area contributed by atoms with Crippen molar-refractivity contribution in [2.45, 2.75) is 30.7 Å². The number of sulfonamides is 1. The second-order valence-corrected chi connectivity index (χ2v) is 7.16. The van der Waals surface area contributed by atoms with Crippen LogP contribution in [0.25, 0.3) is 0 Å². The average molecular weight is 326 g/mol. The summed E-state index contributed by atoms with van der Waals surface area (Å²) in [4.78, 5) is 3.88. The fourth-order valence-electron chi connectivity index (χ4n) is 2.64. The van der Waals surface area contributed by atoms with Gasteiger partial charge in [-0.3, -0.25) is 4.72 Å². The Bertz CT molecular complexity index is 784. The molecule has 1 N–H and O–H groups in total. The lowest BCUT2D eigenvalue weighted by atomic mass is 9.91. The molecule has 21 heavy (non-hydrogen) atoms. The highest BCUT2D eigenvalue weighted by Crippen LogP contribution is 2.30. The van der Waals surface area contributed by atoms with E-state index in [0.717, 1.165) is 31.2 Å². The Kier molecular flexibility index (Phi) is 3.67. The molecule has 2 aromatic rings. The normalized spacial score (nSPS) is 14.8. The van der Waals surface area contributed by atoms with Gasteiger partial charge in [0.1, 0.15) is 5.15 Å². The molecule has 1 heterocycles. The van der Waals surface area contributed by atoms with Crippen molar-refractivity contribution in [2.24, 2.45) is 7.05 Å². The summed E-state index contributed by atoms with van der Waals surface area (Å²) in [5.74, 6) is 0. The van der Waals surface area contributed by atoms with Gasteiger partial charge >= 0.3 is 0 Å². The van der Waals surface area contributed by atoms with Crippen LogP contribution in [0.4, 0.5) is 5.69 Å². The minimum atomic E-state index is -3.77. The maximum atomic E-state index is 12.5. The monoisotopic (exact) mass is 325 g/mol. The van der Waals surface area contributed by atoms with Gasteiger partial charge in [0.25, 0.3) is 10.0 Å². The lowest BCUT2D eigenvalue weighted by molar-refractivity contribution is 0.598. The van der Waals surface area contributed by atoms with Crippen molar-refractivity contribution in [3.8, 4) is 0 Å². The van der Waals surface area contributed by atoms with Gasteiger partial charge in [0.2, 0.25) is 5.03 Å². The Balaban J connectivity index is 1.98. The van der Waals surface area contributed by atoms with Gasteiger partial charge in [0, 0.05) is 7.05 Å². The van der Waals surface area contributed by atoms with Crippen molar-refractivity contribution in [3.05, 3.63) is 40.8 Å². The first-order valence-corrected chi connectivity index (χ1v) is 8.65. The van der Waals surface area contributed by atoms with Gasteiger partial charge < -0.3 is 4.57 Å². The number of nitrogens with zero attached hydrogens (tertiary/aromatic N) is 2. The summed E-state index contributed by atoms with van der Waals surface area (Å²) in [5, 5.41) is -0.0348. The van der Waals surface area contributed by atoms with E-state index < -0.39 is 10.0 Å². The van der Waals surface area contributed by atoms with E-state index in [-0.39, 0.29) is 10.2 Å². The second kappa shape index (κ2) is 5.35. The molecule has 0 fully saturated rings. The van der Waals surface area contributed by atoms with Crippen LogP contribution in [0.2, 0.25) is 5.15 Å². The zero-order valence-corrected chi connectivity index (χ0v) is 13.2. The molecule has 0 spiro atoms. The Morgan fingerprint density at radius 3 is 2.76 bits per heavy atom. The second-order valence-electron chi connectivity index (χ2n) is 5.21. The molecule has 112 valence electrons. The third kappa shape index (κ3) is 2.65. The van der Waals surface area contributed by atoms with E-state index in [2.05, 4.69) is 15.8 Å². The molecule has 0 aliphatic heterocycles. The highest BCUT2D eigenvalue weighted by atomic mass is 35.5. The first kappa shape index (κ1) is 14.4. The number of hydrogen-bond acceptors (Lipinski definition) is 3. The van der Waals surface area contributed by atoms with E-state index in [1.54, 1.807) is 13.1 Å². The maximum Gasteiger partial charge on any atom is 0.282 e. The van der Waals surface area contributed by atoms with Crippen LogP contribution in [0, 0.1) is 0 Å². The van der Waals surface area contributed by atoms with Crippen molar-refractivity contribution in [1.29, 1.82) is 0 Å². The number of aromatic nitrogens is 2. The van der Waals surface area contributed by atoms with E-state index >= 15 is 0 Å². The first-order chi connectivity index (χ1) is 9.99. The molecule has 7 heteroatoms. The topological polar surface area (TPSA) is 64.0 Å². The average Bonchev–Trinajstić information content (AvgIpc) is 2.80. The lowest BCUT2D eigenvalue weighted by Crippen LogP contribution is -2.17. The highest BCUT2D eigenvalue weighted by molar-refractivity contribution is 7.92. The number of anilines is 1. The van der Waals surface area contributed by atoms with E-state index in [4.69, 9.17) is 11.6 Å². The molecule has 0 saturated carbocycles. The molecule has 0 unspecified atom stereocenters. The van der Waals surface area contributed by atoms with Gasteiger partial charge in [-0.05, 0) is 42.9 Å². The van der Waals surface area contributed by atoms with Gasteiger partial charge in [-0.2, -0.15) is 8.42 Å². The van der Waals surface area contributed by atoms with Gasteiger partial charge in [0.05, 0.1) is 12.0 Å². The fraction of sp³-hybridized carbons (Fsp3) is 0.357. The summed E-state index contributed by atoms with van der Waals surface area (Å²) in [7, 11) is -2.12. The number of nitrogens with one attached hydrogen (secondary N) is 1. The van der Waals surface area contributed by atoms with Crippen LogP contribution in [0.1, 0.15) is 24.0 Å². The SMILES string of the molecule is Cn1cnc(S(=O)(=O)Nc2cccc3c2CCCC3)c1Cl. The summed E-state index contributed by atoms with van der Waals surface area (Å²) < 4.78 is 29.0. The van der Waals surface area contributed by atoms with Gasteiger partial charge in [-0.25, -0.2) is 4.98 Å². The van der Waals surface area contributed by atoms with Crippen molar-refractivity contribution < 1.29 is 8.42 Å². The molecule has 1 aliphatic carbocycles. The summed E-state index contributed by atoms with van der Waals surface area (Å²) in [6.45, 7) is 0. The Morgan fingerprint density at radius 2 is 2.05 bits per heavy atom. The summed E-state index contributed by atoms with van der Waals surface area (Å²) in [6, 6.07) is 5.72. The summed E-state index contributed by atoms with van der Waals surface area (Å²) >= 11 is 5.98. The number of aryl methyl sites for hydroxylation is 2. The third-order valence-electron chi connectivity index (χ3n) is 3.73. The van der Waals surface area contributed by atoms with Crippen molar-refractivity contribution >= 4 is 27.3 Å². The summed E-state index contributed by atoms with van der Waals surface area (Å²) in [6.07, 6.45) is 5.50. The van der Waals surface area contributed by atoms with Crippen LogP contribution in [0.15, 0.2) is 29.6 Å². The van der Waals surface area contributed by atoms with E-state index in [1.165, 1.54) is 16.5 Å². The molecule has 0 saturated heterocycles. The van der Waals surface area contributed by atoms with Gasteiger partial charge in [-0.15, -0.1) is 0 Å². The molecule has 1 aromatic carbocycles. The van der Waals surface area contributed by atoms with Crippen molar-refractivity contribution in [1.82, 2.24) is 9.55 Å². The third-order valence-corrected chi connectivity index (χ3v) is 5.58. The van der Waals surface area contributed by atoms with Crippen molar-refractivity contribution in [3.63, 3.8) is 0 Å². The van der Waals surface area contributed by atoms with E-state index in [0.29, 0.717) is 5.69 Å². The maximum absolute atomic E-state index is 12.5. The lowest BCUT2D eigenvalue weighted by Gasteiger charge is -2.19. The van der Waals surface area contributed by atoms with Crippen LogP contribution in [-0.2, 0) is 29.9 Å². The molecule has 0 bridgehead atoms. The Labute approximate surface area is 129 Å². The number of fused-ring (bicyclic) bond motifs is 1. The van der Waals surface area contributed by atoms with Crippen LogP contribution in [-0.4, -0.2) is 18.0 Å².